The van der Waals surface area contributed by atoms with Crippen LogP contribution in [-0.4, -0.2) is 34.3 Å². The lowest BCUT2D eigenvalue weighted by Crippen LogP contribution is -2.35. The molecule has 1 saturated heterocycles. The van der Waals surface area contributed by atoms with Crippen molar-refractivity contribution in [1.82, 2.24) is 5.32 Å². The Morgan fingerprint density at radius 2 is 2.17 bits per heavy atom. The molecule has 1 aromatic rings. The molecule has 3 heterocycles. The fraction of sp³-hybridized carbons (Fsp3) is 0.250. The van der Waals surface area contributed by atoms with Crippen molar-refractivity contribution in [2.45, 2.75) is 17.7 Å². The number of carbonyl (C=O) groups excluding carboxylic acids is 1. The molecule has 1 fully saturated rings. The molecule has 3 aliphatic rings. The molecule has 7 heteroatoms. The fourth-order valence-corrected chi connectivity index (χ4v) is 4.17. The molecular formula is C16H13FN4OS. The van der Waals surface area contributed by atoms with Crippen molar-refractivity contribution < 1.29 is 9.18 Å². The molecule has 1 aromatic carbocycles. The number of rotatable bonds is 1. The number of hydrogen-bond acceptors (Lipinski definition) is 6. The maximum atomic E-state index is 13.8. The molecule has 0 radical (unpaired) electrons. The Labute approximate surface area is 136 Å². The number of nitrogens with zero attached hydrogens (tertiary/aromatic N) is 3. The molecule has 1 N–H and O–H groups in total. The Kier molecular flexibility index (Phi) is 3.37. The molecule has 5 nitrogen and oxygen atoms in total. The minimum absolute atomic E-state index is 0.0737. The smallest absolute Gasteiger partial charge is 0.174 e. The van der Waals surface area contributed by atoms with Gasteiger partial charge in [-0.3, -0.25) is 9.79 Å². The summed E-state index contributed by atoms with van der Waals surface area (Å²) >= 11 is 1.44. The Bertz CT molecular complexity index is 814. The minimum atomic E-state index is -0.693. The first kappa shape index (κ1) is 14.3. The van der Waals surface area contributed by atoms with Gasteiger partial charge in [0.05, 0.1) is 29.3 Å². The van der Waals surface area contributed by atoms with Crippen molar-refractivity contribution in [1.29, 1.82) is 0 Å². The van der Waals surface area contributed by atoms with Gasteiger partial charge in [-0.25, -0.2) is 14.4 Å². The van der Waals surface area contributed by atoms with Crippen LogP contribution in [0.4, 0.5) is 10.1 Å². The summed E-state index contributed by atoms with van der Waals surface area (Å²) in [6.45, 7) is 0.164. The Hall–Kier alpha value is -2.28. The number of aliphatic imine (C=N–C) groups is 3. The third-order valence-corrected chi connectivity index (χ3v) is 5.29. The van der Waals surface area contributed by atoms with E-state index in [0.29, 0.717) is 18.5 Å². The molecular weight excluding hydrogens is 315 g/mol. The lowest BCUT2D eigenvalue weighted by Gasteiger charge is -2.27. The van der Waals surface area contributed by atoms with E-state index in [9.17, 15) is 9.18 Å². The number of para-hydroxylation sites is 1. The van der Waals surface area contributed by atoms with Crippen molar-refractivity contribution >= 4 is 40.3 Å². The van der Waals surface area contributed by atoms with E-state index in [1.54, 1.807) is 24.5 Å². The van der Waals surface area contributed by atoms with Gasteiger partial charge in [0.2, 0.25) is 0 Å². The number of Topliss-reactive ketones (excluding diaryl/α,β-unsaturated/α-hetero) is 1. The minimum Gasteiger partial charge on any atom is -0.353 e. The van der Waals surface area contributed by atoms with Crippen LogP contribution in [0.1, 0.15) is 12.8 Å². The highest BCUT2D eigenvalue weighted by atomic mass is 32.2. The first-order valence-electron chi connectivity index (χ1n) is 7.23. The zero-order chi connectivity index (χ0) is 15.9. The maximum Gasteiger partial charge on any atom is 0.174 e. The van der Waals surface area contributed by atoms with Gasteiger partial charge in [-0.2, -0.15) is 0 Å². The third-order valence-electron chi connectivity index (χ3n) is 3.92. The zero-order valence-electron chi connectivity index (χ0n) is 12.1. The summed E-state index contributed by atoms with van der Waals surface area (Å²) in [5.41, 5.74) is 2.00. The lowest BCUT2D eigenvalue weighted by atomic mass is 9.97. The second-order valence-electron chi connectivity index (χ2n) is 5.45. The Balaban J connectivity index is 1.76. The van der Waals surface area contributed by atoms with E-state index in [1.807, 2.05) is 6.20 Å². The van der Waals surface area contributed by atoms with Gasteiger partial charge in [-0.15, -0.1) is 0 Å². The monoisotopic (exact) mass is 328 g/mol. The van der Waals surface area contributed by atoms with E-state index in [4.69, 9.17) is 0 Å². The molecule has 0 aromatic heterocycles. The highest BCUT2D eigenvalue weighted by molar-refractivity contribution is 8.16. The molecule has 1 atom stereocenters. The Morgan fingerprint density at radius 3 is 3.04 bits per heavy atom. The predicted octanol–water partition coefficient (Wildman–Crippen LogP) is 2.62. The first-order valence-corrected chi connectivity index (χ1v) is 8.05. The molecule has 23 heavy (non-hydrogen) atoms. The molecule has 116 valence electrons. The van der Waals surface area contributed by atoms with Crippen molar-refractivity contribution in [2.75, 3.05) is 6.54 Å². The number of benzene rings is 1. The van der Waals surface area contributed by atoms with Crippen LogP contribution in [0, 0.1) is 5.82 Å². The predicted molar refractivity (Wildman–Crippen MR) is 90.1 cm³/mol. The van der Waals surface area contributed by atoms with E-state index in [2.05, 4.69) is 20.3 Å². The van der Waals surface area contributed by atoms with Gasteiger partial charge in [0.15, 0.2) is 10.7 Å². The van der Waals surface area contributed by atoms with Gasteiger partial charge in [0.1, 0.15) is 5.82 Å². The molecule has 0 aliphatic carbocycles. The average Bonchev–Trinajstić information content (AvgIpc) is 2.81. The van der Waals surface area contributed by atoms with Gasteiger partial charge >= 0.3 is 0 Å². The van der Waals surface area contributed by atoms with E-state index >= 15 is 0 Å². The van der Waals surface area contributed by atoms with Crippen LogP contribution in [0.25, 0.3) is 0 Å². The van der Waals surface area contributed by atoms with Crippen LogP contribution >= 0.6 is 11.8 Å². The summed E-state index contributed by atoms with van der Waals surface area (Å²) in [6, 6.07) is 6.42. The highest BCUT2D eigenvalue weighted by Crippen LogP contribution is 2.48. The number of halogens is 1. The van der Waals surface area contributed by atoms with Crippen LogP contribution in [0.5, 0.6) is 0 Å². The molecule has 0 bridgehead atoms. The number of thioether (sulfide) groups is 1. The summed E-state index contributed by atoms with van der Waals surface area (Å²) in [5, 5.41) is 3.70. The summed E-state index contributed by atoms with van der Waals surface area (Å²) in [4.78, 5) is 24.6. The average molecular weight is 328 g/mol. The lowest BCUT2D eigenvalue weighted by molar-refractivity contribution is -0.117. The summed E-state index contributed by atoms with van der Waals surface area (Å²) < 4.78 is 13.8. The second kappa shape index (κ2) is 5.42. The van der Waals surface area contributed by atoms with Crippen LogP contribution < -0.4 is 5.32 Å². The number of nitrogens with one attached hydrogen (secondary N) is 1. The maximum absolute atomic E-state index is 13.8. The van der Waals surface area contributed by atoms with Gasteiger partial charge in [-0.1, -0.05) is 23.9 Å². The van der Waals surface area contributed by atoms with Crippen LogP contribution in [0.2, 0.25) is 0 Å². The summed E-state index contributed by atoms with van der Waals surface area (Å²) in [5.74, 6) is -0.281. The number of hydrogen-bond donors (Lipinski definition) is 1. The van der Waals surface area contributed by atoms with Crippen LogP contribution in [0.15, 0.2) is 51.0 Å². The zero-order valence-corrected chi connectivity index (χ0v) is 12.9. The van der Waals surface area contributed by atoms with Crippen molar-refractivity contribution in [3.8, 4) is 0 Å². The van der Waals surface area contributed by atoms with Gasteiger partial charge in [0, 0.05) is 19.0 Å². The Morgan fingerprint density at radius 1 is 1.30 bits per heavy atom. The SMILES string of the molecule is O=C1CN=C2CC(=Nc3ccccc3F)SC23N=CNC=C3C1. The fourth-order valence-electron chi connectivity index (χ4n) is 2.85. The summed E-state index contributed by atoms with van der Waals surface area (Å²) in [6.07, 6.45) is 4.22. The van der Waals surface area contributed by atoms with Crippen molar-refractivity contribution in [3.05, 3.63) is 41.9 Å². The third kappa shape index (κ3) is 2.41. The van der Waals surface area contributed by atoms with E-state index in [1.165, 1.54) is 17.8 Å². The molecule has 0 saturated carbocycles. The van der Waals surface area contributed by atoms with Crippen molar-refractivity contribution in [3.63, 3.8) is 0 Å². The molecule has 0 amide bonds. The van der Waals surface area contributed by atoms with Crippen molar-refractivity contribution in [2.24, 2.45) is 15.0 Å². The summed E-state index contributed by atoms with van der Waals surface area (Å²) in [7, 11) is 0. The highest BCUT2D eigenvalue weighted by Gasteiger charge is 2.49. The molecule has 1 unspecified atom stereocenters. The topological polar surface area (TPSA) is 66.2 Å². The number of ketones is 1. The van der Waals surface area contributed by atoms with Crippen LogP contribution in [-0.2, 0) is 4.79 Å². The molecule has 4 rings (SSSR count). The number of carbonyl (C=O) groups is 1. The standard InChI is InChI=1S/C16H13FN4OS/c17-12-3-1-2-4-13(12)21-15-6-14-16(23-15)10(7-18-9-20-16)5-11(22)8-19-14/h1-4,7,9H,5-6,8H2,(H,18,20). The molecule has 3 aliphatic heterocycles. The van der Waals surface area contributed by atoms with Gasteiger partial charge in [0.25, 0.3) is 0 Å². The van der Waals surface area contributed by atoms with Gasteiger partial charge in [-0.05, 0) is 17.7 Å². The van der Waals surface area contributed by atoms with Crippen LogP contribution in [0.3, 0.4) is 0 Å². The van der Waals surface area contributed by atoms with E-state index in [-0.39, 0.29) is 18.1 Å². The normalized spacial score (nSPS) is 27.7. The quantitative estimate of drug-likeness (QED) is 0.862. The first-order chi connectivity index (χ1) is 11.2. The molecule has 1 spiro atoms. The van der Waals surface area contributed by atoms with E-state index < -0.39 is 4.87 Å². The largest absolute Gasteiger partial charge is 0.353 e. The van der Waals surface area contributed by atoms with E-state index in [0.717, 1.165) is 16.3 Å². The van der Waals surface area contributed by atoms with Gasteiger partial charge < -0.3 is 5.32 Å². The second-order valence-corrected chi connectivity index (χ2v) is 6.72.